The molecule has 0 aliphatic heterocycles. The van der Waals surface area contributed by atoms with E-state index in [1.54, 1.807) is 6.92 Å². The zero-order valence-corrected chi connectivity index (χ0v) is 10.3. The Balaban J connectivity index is 0.000000252. The number of carbonyl (C=O) groups is 1. The molecule has 1 N–H and O–H groups in total. The number of hydrogen-bond donors (Lipinski definition) is 1. The van der Waals surface area contributed by atoms with Crippen LogP contribution in [-0.2, 0) is 4.79 Å². The van der Waals surface area contributed by atoms with Gasteiger partial charge in [0, 0.05) is 15.4 Å². The fraction of sp³-hybridized carbons (Fsp3) is 0.222. The molecule has 2 nitrogen and oxygen atoms in total. The summed E-state index contributed by atoms with van der Waals surface area (Å²) in [7, 11) is 0. The highest BCUT2D eigenvalue weighted by atomic mass is 79.9. The van der Waals surface area contributed by atoms with Gasteiger partial charge in [-0.1, -0.05) is 38.8 Å². The number of rotatable bonds is 1. The molecule has 0 atom stereocenters. The number of aliphatic carboxylic acids is 1. The Kier molecular flexibility index (Phi) is 6.90. The van der Waals surface area contributed by atoms with Crippen molar-refractivity contribution in [3.63, 3.8) is 0 Å². The van der Waals surface area contributed by atoms with E-state index >= 15 is 0 Å². The van der Waals surface area contributed by atoms with Crippen LogP contribution in [0.15, 0.2) is 33.2 Å². The summed E-state index contributed by atoms with van der Waals surface area (Å²) in [5.41, 5.74) is 0. The Labute approximate surface area is 94.2 Å². The van der Waals surface area contributed by atoms with Crippen molar-refractivity contribution in [2.75, 3.05) is 0 Å². The molecule has 0 radical (unpaired) electrons. The zero-order valence-electron chi connectivity index (χ0n) is 7.13. The topological polar surface area (TPSA) is 37.3 Å². The average molecular weight is 310 g/mol. The lowest BCUT2D eigenvalue weighted by atomic mass is 10.4. The lowest BCUT2D eigenvalue weighted by Crippen LogP contribution is -1.86. The highest BCUT2D eigenvalue weighted by Gasteiger charge is 1.83. The molecule has 0 spiro atoms. The fourth-order valence-electron chi connectivity index (χ4n) is 0.430. The van der Waals surface area contributed by atoms with E-state index in [4.69, 9.17) is 5.11 Å². The Morgan fingerprint density at radius 1 is 1.23 bits per heavy atom. The van der Waals surface area contributed by atoms with Gasteiger partial charge in [0.05, 0.1) is 0 Å². The van der Waals surface area contributed by atoms with Gasteiger partial charge >= 0.3 is 5.97 Å². The highest BCUT2D eigenvalue weighted by molar-refractivity contribution is 9.11. The van der Waals surface area contributed by atoms with Crippen LogP contribution in [0, 0.1) is 0 Å². The van der Waals surface area contributed by atoms with Gasteiger partial charge in [0.25, 0.3) is 0 Å². The molecule has 0 aliphatic carbocycles. The van der Waals surface area contributed by atoms with Crippen LogP contribution in [0.3, 0.4) is 0 Å². The van der Waals surface area contributed by atoms with Gasteiger partial charge < -0.3 is 5.11 Å². The Morgan fingerprint density at radius 2 is 1.46 bits per heavy atom. The largest absolute Gasteiger partial charge is 0.481 e. The summed E-state index contributed by atoms with van der Waals surface area (Å²) in [5, 5.41) is 7.72. The maximum atomic E-state index is 9.37. The van der Waals surface area contributed by atoms with Crippen molar-refractivity contribution in [2.45, 2.75) is 13.3 Å². The molecule has 0 aliphatic rings. The summed E-state index contributed by atoms with van der Waals surface area (Å²) in [5.74, 6) is -0.745. The molecule has 0 amide bonds. The highest BCUT2D eigenvalue weighted by Crippen LogP contribution is 2.14. The van der Waals surface area contributed by atoms with Crippen LogP contribution in [0.4, 0.5) is 0 Å². The van der Waals surface area contributed by atoms with Crippen LogP contribution in [0.1, 0.15) is 13.3 Å². The minimum absolute atomic E-state index is 0.222. The van der Waals surface area contributed by atoms with E-state index in [0.717, 1.165) is 8.95 Å². The monoisotopic (exact) mass is 308 g/mol. The first-order chi connectivity index (χ1) is 6.06. The van der Waals surface area contributed by atoms with E-state index < -0.39 is 5.97 Å². The summed E-state index contributed by atoms with van der Waals surface area (Å²) >= 11 is 6.65. The minimum Gasteiger partial charge on any atom is -0.481 e. The van der Waals surface area contributed by atoms with Gasteiger partial charge in [-0.3, -0.25) is 4.79 Å². The van der Waals surface area contributed by atoms with Crippen molar-refractivity contribution >= 4 is 37.8 Å². The summed E-state index contributed by atoms with van der Waals surface area (Å²) in [6.07, 6.45) is 0.222. The van der Waals surface area contributed by atoms with Crippen molar-refractivity contribution < 1.29 is 9.90 Å². The third kappa shape index (κ3) is 7.99. The van der Waals surface area contributed by atoms with E-state index in [1.165, 1.54) is 0 Å². The molecular weight excluding hydrogens is 300 g/mol. The molecule has 1 aromatic carbocycles. The third-order valence-corrected chi connectivity index (χ3v) is 2.16. The van der Waals surface area contributed by atoms with Gasteiger partial charge in [-0.05, 0) is 24.3 Å². The fourth-order valence-corrected chi connectivity index (χ4v) is 0.958. The average Bonchev–Trinajstić information content (AvgIpc) is 2.11. The first-order valence-electron chi connectivity index (χ1n) is 3.69. The van der Waals surface area contributed by atoms with E-state index in [-0.39, 0.29) is 6.42 Å². The van der Waals surface area contributed by atoms with E-state index in [1.807, 2.05) is 24.3 Å². The lowest BCUT2D eigenvalue weighted by Gasteiger charge is -1.86. The molecule has 0 fully saturated rings. The molecule has 13 heavy (non-hydrogen) atoms. The van der Waals surface area contributed by atoms with Crippen molar-refractivity contribution in [1.29, 1.82) is 0 Å². The molecule has 0 aromatic heterocycles. The standard InChI is InChI=1S/C6H4Br2.C3H6O2/c7-5-1-2-6(8)4-3-5;1-2-3(4)5/h1-4H;2H2,1H3,(H,4,5). The molecule has 0 saturated heterocycles. The first-order valence-corrected chi connectivity index (χ1v) is 5.27. The van der Waals surface area contributed by atoms with E-state index in [2.05, 4.69) is 31.9 Å². The van der Waals surface area contributed by atoms with Gasteiger partial charge in [-0.25, -0.2) is 0 Å². The number of halogens is 2. The summed E-state index contributed by atoms with van der Waals surface area (Å²) in [6, 6.07) is 7.96. The molecule has 0 saturated carbocycles. The second kappa shape index (κ2) is 7.09. The van der Waals surface area contributed by atoms with Crippen molar-refractivity contribution in [2.24, 2.45) is 0 Å². The van der Waals surface area contributed by atoms with Gasteiger partial charge in [0.2, 0.25) is 0 Å². The normalized spacial score (nSPS) is 8.54. The summed E-state index contributed by atoms with van der Waals surface area (Å²) in [6.45, 7) is 1.60. The zero-order chi connectivity index (χ0) is 10.3. The Morgan fingerprint density at radius 3 is 1.62 bits per heavy atom. The summed E-state index contributed by atoms with van der Waals surface area (Å²) in [4.78, 5) is 9.37. The number of carboxylic acid groups (broad SMARTS) is 1. The third-order valence-electron chi connectivity index (χ3n) is 1.11. The van der Waals surface area contributed by atoms with Crippen LogP contribution in [0.5, 0.6) is 0 Å². The van der Waals surface area contributed by atoms with E-state index in [9.17, 15) is 4.79 Å². The number of benzene rings is 1. The van der Waals surface area contributed by atoms with Gasteiger partial charge in [0.15, 0.2) is 0 Å². The quantitative estimate of drug-likeness (QED) is 0.859. The Bertz CT molecular complexity index is 236. The first kappa shape index (κ1) is 12.7. The molecule has 1 aromatic rings. The SMILES string of the molecule is Brc1ccc(Br)cc1.CCC(=O)O. The predicted octanol–water partition coefficient (Wildman–Crippen LogP) is 3.69. The maximum absolute atomic E-state index is 9.37. The molecule has 4 heteroatoms. The predicted molar refractivity (Wildman–Crippen MR) is 59.8 cm³/mol. The Hall–Kier alpha value is -0.350. The van der Waals surface area contributed by atoms with Crippen LogP contribution < -0.4 is 0 Å². The molecule has 0 bridgehead atoms. The second-order valence-electron chi connectivity index (χ2n) is 2.18. The minimum atomic E-state index is -0.745. The van der Waals surface area contributed by atoms with Crippen LogP contribution in [0.25, 0.3) is 0 Å². The molecule has 0 heterocycles. The number of carboxylic acids is 1. The van der Waals surface area contributed by atoms with Gasteiger partial charge in [0.1, 0.15) is 0 Å². The van der Waals surface area contributed by atoms with Crippen LogP contribution in [0.2, 0.25) is 0 Å². The van der Waals surface area contributed by atoms with Crippen molar-refractivity contribution in [3.8, 4) is 0 Å². The van der Waals surface area contributed by atoms with Crippen molar-refractivity contribution in [1.82, 2.24) is 0 Å². The van der Waals surface area contributed by atoms with Crippen LogP contribution in [-0.4, -0.2) is 11.1 Å². The number of hydrogen-bond acceptors (Lipinski definition) is 1. The molecular formula is C9H10Br2O2. The molecule has 1 rings (SSSR count). The van der Waals surface area contributed by atoms with Gasteiger partial charge in [-0.15, -0.1) is 0 Å². The van der Waals surface area contributed by atoms with Crippen molar-refractivity contribution in [3.05, 3.63) is 33.2 Å². The smallest absolute Gasteiger partial charge is 0.303 e. The molecule has 72 valence electrons. The molecule has 0 unspecified atom stereocenters. The summed E-state index contributed by atoms with van der Waals surface area (Å²) < 4.78 is 2.22. The van der Waals surface area contributed by atoms with Gasteiger partial charge in [-0.2, -0.15) is 0 Å². The van der Waals surface area contributed by atoms with Crippen LogP contribution >= 0.6 is 31.9 Å². The second-order valence-corrected chi connectivity index (χ2v) is 4.02. The maximum Gasteiger partial charge on any atom is 0.303 e. The van der Waals surface area contributed by atoms with E-state index in [0.29, 0.717) is 0 Å². The lowest BCUT2D eigenvalue weighted by molar-refractivity contribution is -0.136.